The molecule has 0 aromatic heterocycles. The minimum absolute atomic E-state index is 0.443. The predicted octanol–water partition coefficient (Wildman–Crippen LogP) is 9.66. The van der Waals surface area contributed by atoms with Crippen LogP contribution in [0.5, 0.6) is 0 Å². The summed E-state index contributed by atoms with van der Waals surface area (Å²) in [6.45, 7) is 22.1. The molecule has 0 bridgehead atoms. The van der Waals surface area contributed by atoms with Crippen LogP contribution in [0.1, 0.15) is 99.3 Å². The van der Waals surface area contributed by atoms with E-state index < -0.39 is 8.32 Å². The summed E-state index contributed by atoms with van der Waals surface area (Å²) in [6.07, 6.45) is 20.7. The number of allylic oxidation sites excluding steroid dienone is 3. The normalized spacial score (nSPS) is 42.2. The lowest BCUT2D eigenvalue weighted by atomic mass is 9.47. The van der Waals surface area contributed by atoms with Crippen LogP contribution in [0.15, 0.2) is 23.8 Å². The van der Waals surface area contributed by atoms with Crippen LogP contribution in [0.2, 0.25) is 19.6 Å². The Bertz CT molecular complexity index is 774. The third kappa shape index (κ3) is 4.93. The molecule has 194 valence electrons. The van der Waals surface area contributed by atoms with Crippen LogP contribution in [0.3, 0.4) is 0 Å². The number of fused-ring (bicyclic) bond motifs is 5. The molecule has 3 fully saturated rings. The highest BCUT2D eigenvalue weighted by Crippen LogP contribution is 2.67. The van der Waals surface area contributed by atoms with Crippen molar-refractivity contribution in [3.05, 3.63) is 23.8 Å². The van der Waals surface area contributed by atoms with Gasteiger partial charge in [-0.25, -0.2) is 0 Å². The first-order valence-electron chi connectivity index (χ1n) is 14.9. The van der Waals surface area contributed by atoms with Crippen molar-refractivity contribution >= 4 is 8.32 Å². The SMILES string of the molecule is CC[C@H](C=C[C@@H](C)[C@H]1CC[C@H]2[C@@H]3CC=C4C[C@@H](O[Si](C)(C)C)CC[C@]4(C)[C@H]3CC[C@]12C)C(C)C. The smallest absolute Gasteiger partial charge is 0.184 e. The Balaban J connectivity index is 1.49. The summed E-state index contributed by atoms with van der Waals surface area (Å²) in [7, 11) is -1.46. The second-order valence-electron chi connectivity index (χ2n) is 14.6. The highest BCUT2D eigenvalue weighted by molar-refractivity contribution is 6.69. The largest absolute Gasteiger partial charge is 0.414 e. The molecule has 0 saturated heterocycles. The van der Waals surface area contributed by atoms with Gasteiger partial charge in [0.05, 0.1) is 0 Å². The molecule has 1 nitrogen and oxygen atoms in total. The Morgan fingerprint density at radius 2 is 1.74 bits per heavy atom. The molecular weight excluding hydrogens is 428 g/mol. The zero-order valence-electron chi connectivity index (χ0n) is 24.1. The van der Waals surface area contributed by atoms with Crippen molar-refractivity contribution in [2.45, 2.75) is 125 Å². The van der Waals surface area contributed by atoms with E-state index >= 15 is 0 Å². The van der Waals surface area contributed by atoms with Gasteiger partial charge in [-0.1, -0.05) is 65.3 Å². The van der Waals surface area contributed by atoms with E-state index in [2.05, 4.69) is 79.4 Å². The van der Waals surface area contributed by atoms with E-state index in [0.717, 1.165) is 41.4 Å². The lowest BCUT2D eigenvalue weighted by Crippen LogP contribution is -2.51. The minimum atomic E-state index is -1.46. The zero-order valence-corrected chi connectivity index (χ0v) is 25.1. The third-order valence-electron chi connectivity index (χ3n) is 11.3. The Labute approximate surface area is 213 Å². The summed E-state index contributed by atoms with van der Waals surface area (Å²) in [4.78, 5) is 0. The van der Waals surface area contributed by atoms with Gasteiger partial charge >= 0.3 is 0 Å². The molecule has 0 heterocycles. The molecule has 0 N–H and O–H groups in total. The van der Waals surface area contributed by atoms with Crippen LogP contribution >= 0.6 is 0 Å². The molecule has 34 heavy (non-hydrogen) atoms. The van der Waals surface area contributed by atoms with Gasteiger partial charge in [-0.15, -0.1) is 0 Å². The Kier molecular flexibility index (Phi) is 7.73. The molecular formula is C32H56OSi. The molecule has 4 aliphatic carbocycles. The number of hydrogen-bond donors (Lipinski definition) is 0. The second-order valence-corrected chi connectivity index (χ2v) is 19.1. The lowest BCUT2D eigenvalue weighted by molar-refractivity contribution is -0.0530. The molecule has 0 amide bonds. The van der Waals surface area contributed by atoms with Crippen molar-refractivity contribution in [2.24, 2.45) is 52.3 Å². The maximum absolute atomic E-state index is 6.59. The molecule has 0 spiro atoms. The molecule has 2 heteroatoms. The van der Waals surface area contributed by atoms with Crippen molar-refractivity contribution < 1.29 is 4.43 Å². The highest BCUT2D eigenvalue weighted by Gasteiger charge is 2.59. The quantitative estimate of drug-likeness (QED) is 0.258. The summed E-state index contributed by atoms with van der Waals surface area (Å²) in [5.41, 5.74) is 2.76. The lowest BCUT2D eigenvalue weighted by Gasteiger charge is -2.58. The van der Waals surface area contributed by atoms with E-state index in [-0.39, 0.29) is 0 Å². The Morgan fingerprint density at radius 3 is 2.38 bits per heavy atom. The first-order valence-corrected chi connectivity index (χ1v) is 18.4. The molecule has 4 rings (SSSR count). The predicted molar refractivity (Wildman–Crippen MR) is 150 cm³/mol. The summed E-state index contributed by atoms with van der Waals surface area (Å²) >= 11 is 0. The van der Waals surface area contributed by atoms with Gasteiger partial charge in [0.1, 0.15) is 0 Å². The van der Waals surface area contributed by atoms with Crippen molar-refractivity contribution in [3.63, 3.8) is 0 Å². The summed E-state index contributed by atoms with van der Waals surface area (Å²) < 4.78 is 6.59. The maximum Gasteiger partial charge on any atom is 0.184 e. The van der Waals surface area contributed by atoms with Crippen molar-refractivity contribution in [3.8, 4) is 0 Å². The van der Waals surface area contributed by atoms with Gasteiger partial charge in [0.15, 0.2) is 8.32 Å². The molecule has 3 saturated carbocycles. The van der Waals surface area contributed by atoms with E-state index in [4.69, 9.17) is 4.43 Å². The van der Waals surface area contributed by atoms with Gasteiger partial charge in [0, 0.05) is 6.10 Å². The van der Waals surface area contributed by atoms with Crippen LogP contribution in [0.4, 0.5) is 0 Å². The molecule has 0 aliphatic heterocycles. The van der Waals surface area contributed by atoms with Crippen LogP contribution in [0, 0.1) is 52.3 Å². The van der Waals surface area contributed by atoms with Crippen LogP contribution < -0.4 is 0 Å². The van der Waals surface area contributed by atoms with Gasteiger partial charge in [-0.3, -0.25) is 0 Å². The number of rotatable bonds is 7. The third-order valence-corrected chi connectivity index (χ3v) is 12.3. The molecule has 9 atom stereocenters. The standard InChI is InChI=1S/C32H56OSi/c1-10-24(22(2)3)12-11-23(4)28-15-16-29-27-14-13-25-21-26(33-34(7,8)9)17-19-31(25,5)30(27)18-20-32(28,29)6/h11-13,22-24,26-30H,10,14-21H2,1-9H3/t23-,24-,26+,27+,28-,29+,30+,31+,32-/m1/s1. The van der Waals surface area contributed by atoms with Gasteiger partial charge in [-0.05, 0) is 130 Å². The van der Waals surface area contributed by atoms with Crippen LogP contribution in [-0.4, -0.2) is 14.4 Å². The average Bonchev–Trinajstić information content (AvgIpc) is 3.10. The van der Waals surface area contributed by atoms with E-state index in [1.54, 1.807) is 5.57 Å². The second kappa shape index (κ2) is 9.84. The molecule has 0 aromatic rings. The fraction of sp³-hybridized carbons (Fsp3) is 0.875. The maximum atomic E-state index is 6.59. The highest BCUT2D eigenvalue weighted by atomic mass is 28.4. The fourth-order valence-corrected chi connectivity index (χ4v) is 10.6. The fourth-order valence-electron chi connectivity index (χ4n) is 9.41. The van der Waals surface area contributed by atoms with Crippen molar-refractivity contribution in [1.29, 1.82) is 0 Å². The van der Waals surface area contributed by atoms with Crippen molar-refractivity contribution in [1.82, 2.24) is 0 Å². The molecule has 0 radical (unpaired) electrons. The average molecular weight is 485 g/mol. The van der Waals surface area contributed by atoms with Crippen LogP contribution in [0.25, 0.3) is 0 Å². The van der Waals surface area contributed by atoms with Crippen molar-refractivity contribution in [2.75, 3.05) is 0 Å². The van der Waals surface area contributed by atoms with Gasteiger partial charge in [0.2, 0.25) is 0 Å². The summed E-state index contributed by atoms with van der Waals surface area (Å²) in [5.74, 6) is 5.86. The molecule has 0 aromatic carbocycles. The minimum Gasteiger partial charge on any atom is -0.414 e. The van der Waals surface area contributed by atoms with E-state index in [9.17, 15) is 0 Å². The van der Waals surface area contributed by atoms with Crippen LogP contribution in [-0.2, 0) is 4.43 Å². The zero-order chi connectivity index (χ0) is 24.9. The first kappa shape index (κ1) is 26.7. The monoisotopic (exact) mass is 484 g/mol. The van der Waals surface area contributed by atoms with Gasteiger partial charge < -0.3 is 4.43 Å². The van der Waals surface area contributed by atoms with E-state index in [0.29, 0.717) is 16.9 Å². The molecule has 4 aliphatic rings. The first-order chi connectivity index (χ1) is 15.9. The summed E-state index contributed by atoms with van der Waals surface area (Å²) in [6, 6.07) is 0. The van der Waals surface area contributed by atoms with E-state index in [1.165, 1.54) is 57.8 Å². The Hall–Kier alpha value is -0.343. The van der Waals surface area contributed by atoms with Gasteiger partial charge in [0.25, 0.3) is 0 Å². The van der Waals surface area contributed by atoms with E-state index in [1.807, 2.05) is 0 Å². The number of hydrogen-bond acceptors (Lipinski definition) is 1. The molecule has 0 unspecified atom stereocenters. The Morgan fingerprint density at radius 1 is 1.00 bits per heavy atom. The topological polar surface area (TPSA) is 9.23 Å². The van der Waals surface area contributed by atoms with Gasteiger partial charge in [-0.2, -0.15) is 0 Å². The summed E-state index contributed by atoms with van der Waals surface area (Å²) in [5, 5.41) is 0.